The second-order valence-corrected chi connectivity index (χ2v) is 7.86. The number of nitrogens with zero attached hydrogens (tertiary/aromatic N) is 1. The van der Waals surface area contributed by atoms with Crippen LogP contribution in [0.3, 0.4) is 0 Å². The quantitative estimate of drug-likeness (QED) is 0.891. The molecule has 0 spiro atoms. The molecule has 1 aliphatic rings. The highest BCUT2D eigenvalue weighted by atomic mass is 35.5. The molecule has 1 amide bonds. The summed E-state index contributed by atoms with van der Waals surface area (Å²) in [5, 5.41) is 0.573. The van der Waals surface area contributed by atoms with E-state index in [2.05, 4.69) is 4.72 Å². The van der Waals surface area contributed by atoms with Crippen molar-refractivity contribution in [3.8, 4) is 0 Å². The summed E-state index contributed by atoms with van der Waals surface area (Å²) in [5.41, 5.74) is 0.736. The van der Waals surface area contributed by atoms with Gasteiger partial charge in [-0.25, -0.2) is 13.1 Å². The zero-order valence-electron chi connectivity index (χ0n) is 12.6. The van der Waals surface area contributed by atoms with Crippen LogP contribution in [0.5, 0.6) is 0 Å². The van der Waals surface area contributed by atoms with E-state index in [0.29, 0.717) is 5.02 Å². The first-order valence-electron chi connectivity index (χ1n) is 7.36. The molecule has 0 aromatic heterocycles. The molecule has 0 unspecified atom stereocenters. The van der Waals surface area contributed by atoms with Crippen LogP contribution in [0.4, 0.5) is 0 Å². The normalized spacial score (nSPS) is 17.3. The lowest BCUT2D eigenvalue weighted by Crippen LogP contribution is -2.38. The molecule has 1 fully saturated rings. The molecule has 122 valence electrons. The number of rotatable bonds is 5. The van der Waals surface area contributed by atoms with E-state index in [1.165, 1.54) is 0 Å². The smallest absolute Gasteiger partial charge is 0.224 e. The summed E-state index contributed by atoms with van der Waals surface area (Å²) in [4.78, 5) is 14.2. The SMILES string of the molecule is CS(=O)(=O)N[C@H](CC(=O)N1CCCCC1)c1ccc(Cl)cc1. The fraction of sp³-hybridized carbons (Fsp3) is 0.533. The topological polar surface area (TPSA) is 66.5 Å². The number of halogens is 1. The second kappa shape index (κ2) is 7.44. The van der Waals surface area contributed by atoms with Gasteiger partial charge in [0.05, 0.1) is 12.3 Å². The molecule has 0 saturated carbocycles. The van der Waals surface area contributed by atoms with Gasteiger partial charge in [-0.3, -0.25) is 4.79 Å². The van der Waals surface area contributed by atoms with E-state index in [9.17, 15) is 13.2 Å². The zero-order valence-corrected chi connectivity index (χ0v) is 14.2. The van der Waals surface area contributed by atoms with E-state index >= 15 is 0 Å². The third-order valence-corrected chi connectivity index (χ3v) is 4.68. The van der Waals surface area contributed by atoms with Crippen molar-refractivity contribution in [1.29, 1.82) is 0 Å². The van der Waals surface area contributed by atoms with Crippen LogP contribution in [0.1, 0.15) is 37.3 Å². The number of likely N-dealkylation sites (tertiary alicyclic amines) is 1. The summed E-state index contributed by atoms with van der Waals surface area (Å²) >= 11 is 5.86. The first-order chi connectivity index (χ1) is 10.3. The minimum absolute atomic E-state index is 0.0178. The minimum atomic E-state index is -3.41. The number of nitrogens with one attached hydrogen (secondary N) is 1. The maximum Gasteiger partial charge on any atom is 0.224 e. The molecule has 7 heteroatoms. The summed E-state index contributed by atoms with van der Waals surface area (Å²) in [7, 11) is -3.41. The number of carbonyl (C=O) groups is 1. The Balaban J connectivity index is 2.13. The molecule has 1 heterocycles. The molecule has 1 saturated heterocycles. The van der Waals surface area contributed by atoms with Gasteiger partial charge in [0.15, 0.2) is 0 Å². The number of piperidine rings is 1. The van der Waals surface area contributed by atoms with Crippen LogP contribution in [-0.2, 0) is 14.8 Å². The molecule has 1 aliphatic heterocycles. The Morgan fingerprint density at radius 2 is 1.82 bits per heavy atom. The predicted molar refractivity (Wildman–Crippen MR) is 87.2 cm³/mol. The van der Waals surface area contributed by atoms with E-state index in [0.717, 1.165) is 44.2 Å². The number of benzene rings is 1. The molecule has 1 aromatic carbocycles. The molecule has 0 aliphatic carbocycles. The Kier molecular flexibility index (Phi) is 5.83. The van der Waals surface area contributed by atoms with Crippen LogP contribution < -0.4 is 4.72 Å². The van der Waals surface area contributed by atoms with Gasteiger partial charge in [-0.15, -0.1) is 0 Å². The fourth-order valence-corrected chi connectivity index (χ4v) is 3.49. The molecule has 1 atom stereocenters. The third-order valence-electron chi connectivity index (χ3n) is 3.72. The summed E-state index contributed by atoms with van der Waals surface area (Å²) in [5.74, 6) is -0.0178. The maximum absolute atomic E-state index is 12.4. The summed E-state index contributed by atoms with van der Waals surface area (Å²) in [6, 6.07) is 6.31. The van der Waals surface area contributed by atoms with Crippen LogP contribution in [0, 0.1) is 0 Å². The lowest BCUT2D eigenvalue weighted by atomic mass is 10.0. The van der Waals surface area contributed by atoms with Gasteiger partial charge >= 0.3 is 0 Å². The van der Waals surface area contributed by atoms with Gasteiger partial charge < -0.3 is 4.90 Å². The molecular weight excluding hydrogens is 324 g/mol. The van der Waals surface area contributed by atoms with Crippen molar-refractivity contribution in [2.75, 3.05) is 19.3 Å². The molecule has 0 bridgehead atoms. The van der Waals surface area contributed by atoms with Crippen LogP contribution in [-0.4, -0.2) is 38.6 Å². The van der Waals surface area contributed by atoms with Crippen molar-refractivity contribution in [3.63, 3.8) is 0 Å². The van der Waals surface area contributed by atoms with Gasteiger partial charge in [0, 0.05) is 24.5 Å². The summed E-state index contributed by atoms with van der Waals surface area (Å²) < 4.78 is 25.7. The van der Waals surface area contributed by atoms with Crippen LogP contribution in [0.2, 0.25) is 5.02 Å². The maximum atomic E-state index is 12.4. The molecule has 2 rings (SSSR count). The van der Waals surface area contributed by atoms with Crippen molar-refractivity contribution in [2.24, 2.45) is 0 Å². The Morgan fingerprint density at radius 1 is 1.23 bits per heavy atom. The van der Waals surface area contributed by atoms with E-state index in [1.807, 2.05) is 4.90 Å². The van der Waals surface area contributed by atoms with Crippen molar-refractivity contribution >= 4 is 27.5 Å². The average Bonchev–Trinajstić information content (AvgIpc) is 2.47. The summed E-state index contributed by atoms with van der Waals surface area (Å²) in [6.45, 7) is 1.51. The largest absolute Gasteiger partial charge is 0.343 e. The van der Waals surface area contributed by atoms with E-state index in [1.54, 1.807) is 24.3 Å². The van der Waals surface area contributed by atoms with E-state index in [-0.39, 0.29) is 12.3 Å². The molecule has 1 N–H and O–H groups in total. The van der Waals surface area contributed by atoms with Gasteiger partial charge in [-0.1, -0.05) is 23.7 Å². The Labute approximate surface area is 136 Å². The van der Waals surface area contributed by atoms with Crippen molar-refractivity contribution in [1.82, 2.24) is 9.62 Å². The first-order valence-corrected chi connectivity index (χ1v) is 9.62. The van der Waals surface area contributed by atoms with Gasteiger partial charge in [0.25, 0.3) is 0 Å². The monoisotopic (exact) mass is 344 g/mol. The highest BCUT2D eigenvalue weighted by Crippen LogP contribution is 2.22. The number of sulfonamides is 1. The van der Waals surface area contributed by atoms with Gasteiger partial charge in [-0.2, -0.15) is 0 Å². The van der Waals surface area contributed by atoms with Crippen LogP contribution in [0.15, 0.2) is 24.3 Å². The number of carbonyl (C=O) groups excluding carboxylic acids is 1. The highest BCUT2D eigenvalue weighted by Gasteiger charge is 2.24. The van der Waals surface area contributed by atoms with Crippen molar-refractivity contribution in [3.05, 3.63) is 34.9 Å². The van der Waals surface area contributed by atoms with Crippen molar-refractivity contribution in [2.45, 2.75) is 31.7 Å². The Hall–Kier alpha value is -1.11. The zero-order chi connectivity index (χ0) is 16.2. The minimum Gasteiger partial charge on any atom is -0.343 e. The van der Waals surface area contributed by atoms with Crippen LogP contribution >= 0.6 is 11.6 Å². The lowest BCUT2D eigenvalue weighted by Gasteiger charge is -2.28. The summed E-state index contributed by atoms with van der Waals surface area (Å²) in [6.07, 6.45) is 4.38. The van der Waals surface area contributed by atoms with E-state index in [4.69, 9.17) is 11.6 Å². The average molecular weight is 345 g/mol. The standard InChI is InChI=1S/C15H21ClN2O3S/c1-22(20,21)17-14(12-5-7-13(16)8-6-12)11-15(19)18-9-3-2-4-10-18/h5-8,14,17H,2-4,9-11H2,1H3/t14-/m1/s1. The van der Waals surface area contributed by atoms with Gasteiger partial charge in [0.2, 0.25) is 15.9 Å². The van der Waals surface area contributed by atoms with E-state index < -0.39 is 16.1 Å². The molecule has 1 aromatic rings. The van der Waals surface area contributed by atoms with Crippen molar-refractivity contribution < 1.29 is 13.2 Å². The molecule has 5 nitrogen and oxygen atoms in total. The second-order valence-electron chi connectivity index (χ2n) is 5.64. The highest BCUT2D eigenvalue weighted by molar-refractivity contribution is 7.88. The number of hydrogen-bond acceptors (Lipinski definition) is 3. The van der Waals surface area contributed by atoms with Gasteiger partial charge in [0.1, 0.15) is 0 Å². The Bertz CT molecular complexity index is 610. The van der Waals surface area contributed by atoms with Crippen LogP contribution in [0.25, 0.3) is 0 Å². The third kappa shape index (κ3) is 5.26. The Morgan fingerprint density at radius 3 is 2.36 bits per heavy atom. The fourth-order valence-electron chi connectivity index (χ4n) is 2.63. The molecule has 22 heavy (non-hydrogen) atoms. The molecule has 0 radical (unpaired) electrons. The lowest BCUT2D eigenvalue weighted by molar-refractivity contribution is -0.132. The predicted octanol–water partition coefficient (Wildman–Crippen LogP) is 2.33. The molecular formula is C15H21ClN2O3S. The first kappa shape index (κ1) is 17.2. The number of hydrogen-bond donors (Lipinski definition) is 1. The number of amides is 1. The van der Waals surface area contributed by atoms with Gasteiger partial charge in [-0.05, 0) is 37.0 Å².